The van der Waals surface area contributed by atoms with Crippen molar-refractivity contribution >= 4 is 10.2 Å². The molecule has 140 valence electrons. The van der Waals surface area contributed by atoms with Crippen LogP contribution < -0.4 is 10.2 Å². The van der Waals surface area contributed by atoms with Crippen molar-refractivity contribution in [2.24, 2.45) is 5.92 Å². The quantitative estimate of drug-likeness (QED) is 0.743. The van der Waals surface area contributed by atoms with E-state index in [2.05, 4.69) is 4.90 Å². The molecule has 4 heterocycles. The first-order chi connectivity index (χ1) is 11.8. The van der Waals surface area contributed by atoms with Gasteiger partial charge in [0.15, 0.2) is 0 Å². The van der Waals surface area contributed by atoms with Gasteiger partial charge in [-0.25, -0.2) is 0 Å². The molecule has 2 bridgehead atoms. The lowest BCUT2D eigenvalue weighted by Gasteiger charge is -2.35. The van der Waals surface area contributed by atoms with Gasteiger partial charge in [0.1, 0.15) is 12.0 Å². The van der Waals surface area contributed by atoms with E-state index in [4.69, 9.17) is 9.15 Å². The minimum absolute atomic E-state index is 0.126. The fourth-order valence-electron chi connectivity index (χ4n) is 3.62. The number of rotatable bonds is 5. The summed E-state index contributed by atoms with van der Waals surface area (Å²) in [6.07, 6.45) is 3.30. The Morgan fingerprint density at radius 2 is 2.04 bits per heavy atom. The van der Waals surface area contributed by atoms with Crippen LogP contribution in [0, 0.1) is 5.92 Å². The van der Waals surface area contributed by atoms with Gasteiger partial charge in [-0.2, -0.15) is 17.0 Å². The van der Waals surface area contributed by atoms with E-state index in [0.717, 1.165) is 19.4 Å². The van der Waals surface area contributed by atoms with Crippen molar-refractivity contribution in [3.63, 3.8) is 0 Å². The molecule has 8 nitrogen and oxygen atoms in total. The Kier molecular flexibility index (Phi) is 5.19. The van der Waals surface area contributed by atoms with Gasteiger partial charge in [0.2, 0.25) is 11.2 Å². The van der Waals surface area contributed by atoms with Gasteiger partial charge < -0.3 is 9.15 Å². The highest BCUT2D eigenvalue weighted by molar-refractivity contribution is 7.86. The fraction of sp³-hybridized carbons (Fsp3) is 0.688. The van der Waals surface area contributed by atoms with Crippen molar-refractivity contribution in [3.05, 3.63) is 28.3 Å². The van der Waals surface area contributed by atoms with Gasteiger partial charge >= 0.3 is 0 Å². The molecule has 0 radical (unpaired) electrons. The summed E-state index contributed by atoms with van der Waals surface area (Å²) in [4.78, 5) is 14.1. The molecule has 3 aliphatic heterocycles. The lowest BCUT2D eigenvalue weighted by Crippen LogP contribution is -2.45. The van der Waals surface area contributed by atoms with Crippen LogP contribution in [0.1, 0.15) is 18.6 Å². The Morgan fingerprint density at radius 1 is 1.28 bits per heavy atom. The van der Waals surface area contributed by atoms with Crippen LogP contribution in [0.2, 0.25) is 0 Å². The summed E-state index contributed by atoms with van der Waals surface area (Å²) >= 11 is 0. The second kappa shape index (κ2) is 7.06. The molecule has 0 aliphatic carbocycles. The third-order valence-corrected chi connectivity index (χ3v) is 6.89. The smallest absolute Gasteiger partial charge is 0.281 e. The van der Waals surface area contributed by atoms with E-state index >= 15 is 0 Å². The minimum atomic E-state index is -3.41. The standard InChI is InChI=1S/C16H25N3O5S/c1-17(2)25(21,22)19-8-12-4-5-13(9-19)18(7-12)10-14-6-15(20)16(23-3)11-24-14/h6,11-13H,4-5,7-10H2,1-3H3/t12-,13-/m0/s1. The number of hydrogen-bond acceptors (Lipinski definition) is 6. The third-order valence-electron chi connectivity index (χ3n) is 5.01. The van der Waals surface area contributed by atoms with E-state index in [1.54, 1.807) is 18.4 Å². The van der Waals surface area contributed by atoms with Crippen molar-refractivity contribution in [1.82, 2.24) is 13.5 Å². The second-order valence-electron chi connectivity index (χ2n) is 6.91. The molecule has 3 fully saturated rings. The van der Waals surface area contributed by atoms with Crippen LogP contribution in [-0.4, -0.2) is 68.8 Å². The maximum absolute atomic E-state index is 12.5. The molecule has 0 unspecified atom stereocenters. The number of methoxy groups -OCH3 is 1. The average molecular weight is 371 g/mol. The Bertz CT molecular complexity index is 776. The molecule has 0 N–H and O–H groups in total. The third kappa shape index (κ3) is 3.74. The molecular formula is C16H25N3O5S. The van der Waals surface area contributed by atoms with Gasteiger partial charge in [0.05, 0.1) is 13.7 Å². The first-order valence-electron chi connectivity index (χ1n) is 8.38. The van der Waals surface area contributed by atoms with E-state index in [1.165, 1.54) is 23.7 Å². The van der Waals surface area contributed by atoms with Crippen LogP contribution in [-0.2, 0) is 16.8 Å². The van der Waals surface area contributed by atoms with Crippen LogP contribution in [0.25, 0.3) is 0 Å². The highest BCUT2D eigenvalue weighted by atomic mass is 32.2. The number of hydrogen-bond donors (Lipinski definition) is 0. The molecule has 9 heteroatoms. The SMILES string of the molecule is COc1coc(CN2C[C@@H]3CC[C@H]2CN(S(=O)(=O)N(C)C)C3)cc1=O. The Balaban J connectivity index is 1.77. The normalized spacial score (nSPS) is 25.3. The predicted molar refractivity (Wildman–Crippen MR) is 92.6 cm³/mol. The van der Waals surface area contributed by atoms with Gasteiger partial charge in [-0.1, -0.05) is 0 Å². The molecule has 0 saturated carbocycles. The van der Waals surface area contributed by atoms with Crippen molar-refractivity contribution in [2.75, 3.05) is 40.8 Å². The Morgan fingerprint density at radius 3 is 2.68 bits per heavy atom. The maximum atomic E-state index is 12.5. The zero-order chi connectivity index (χ0) is 18.2. The zero-order valence-corrected chi connectivity index (χ0v) is 15.7. The maximum Gasteiger partial charge on any atom is 0.281 e. The highest BCUT2D eigenvalue weighted by Crippen LogP contribution is 2.30. The molecule has 1 aromatic rings. The molecule has 3 aliphatic rings. The first-order valence-corrected chi connectivity index (χ1v) is 9.78. The Hall–Kier alpha value is -1.42. The van der Waals surface area contributed by atoms with E-state index in [-0.39, 0.29) is 17.2 Å². The summed E-state index contributed by atoms with van der Waals surface area (Å²) in [6, 6.07) is 1.58. The molecule has 0 aromatic carbocycles. The van der Waals surface area contributed by atoms with Gasteiger partial charge in [-0.3, -0.25) is 9.69 Å². The monoisotopic (exact) mass is 371 g/mol. The summed E-state index contributed by atoms with van der Waals surface area (Å²) in [6.45, 7) is 2.31. The molecule has 0 spiro atoms. The van der Waals surface area contributed by atoms with Crippen LogP contribution in [0.15, 0.2) is 21.5 Å². The number of fused-ring (bicyclic) bond motifs is 4. The summed E-state index contributed by atoms with van der Waals surface area (Å²) < 4.78 is 38.3. The van der Waals surface area contributed by atoms with Crippen LogP contribution in [0.5, 0.6) is 5.75 Å². The highest BCUT2D eigenvalue weighted by Gasteiger charge is 2.39. The lowest BCUT2D eigenvalue weighted by atomic mass is 9.95. The summed E-state index contributed by atoms with van der Waals surface area (Å²) in [7, 11) is 1.14. The number of piperidine rings is 1. The van der Waals surface area contributed by atoms with Crippen molar-refractivity contribution < 1.29 is 17.6 Å². The van der Waals surface area contributed by atoms with Gasteiger partial charge in [0, 0.05) is 45.8 Å². The van der Waals surface area contributed by atoms with Crippen molar-refractivity contribution in [1.29, 1.82) is 0 Å². The molecule has 3 saturated heterocycles. The molecule has 4 rings (SSSR count). The summed E-state index contributed by atoms with van der Waals surface area (Å²) in [5.74, 6) is 1.04. The molecule has 2 atom stereocenters. The van der Waals surface area contributed by atoms with Crippen molar-refractivity contribution in [3.8, 4) is 5.75 Å². The summed E-state index contributed by atoms with van der Waals surface area (Å²) in [5, 5.41) is 0. The fourth-order valence-corrected chi connectivity index (χ4v) is 4.84. The van der Waals surface area contributed by atoms with Gasteiger partial charge in [-0.15, -0.1) is 0 Å². The van der Waals surface area contributed by atoms with E-state index in [0.29, 0.717) is 31.3 Å². The van der Waals surface area contributed by atoms with E-state index in [1.807, 2.05) is 0 Å². The Labute approximate surface area is 148 Å². The predicted octanol–water partition coefficient (Wildman–Crippen LogP) is 0.351. The largest absolute Gasteiger partial charge is 0.490 e. The molecule has 1 aromatic heterocycles. The van der Waals surface area contributed by atoms with Gasteiger partial charge in [0.25, 0.3) is 10.2 Å². The lowest BCUT2D eigenvalue weighted by molar-refractivity contribution is 0.115. The van der Waals surface area contributed by atoms with Crippen LogP contribution in [0.3, 0.4) is 0 Å². The zero-order valence-electron chi connectivity index (χ0n) is 14.8. The van der Waals surface area contributed by atoms with Gasteiger partial charge in [-0.05, 0) is 18.8 Å². The van der Waals surface area contributed by atoms with Crippen LogP contribution in [0.4, 0.5) is 0 Å². The topological polar surface area (TPSA) is 83.3 Å². The summed E-state index contributed by atoms with van der Waals surface area (Å²) in [5.41, 5.74) is -0.208. The minimum Gasteiger partial charge on any atom is -0.490 e. The second-order valence-corrected chi connectivity index (χ2v) is 9.06. The number of nitrogens with zero attached hydrogens (tertiary/aromatic N) is 3. The molecule has 0 amide bonds. The molecule has 25 heavy (non-hydrogen) atoms. The molecular weight excluding hydrogens is 346 g/mol. The van der Waals surface area contributed by atoms with E-state index in [9.17, 15) is 13.2 Å². The van der Waals surface area contributed by atoms with Crippen molar-refractivity contribution in [2.45, 2.75) is 25.4 Å². The van der Waals surface area contributed by atoms with Crippen LogP contribution >= 0.6 is 0 Å². The average Bonchev–Trinajstić information content (AvgIpc) is 2.87. The number of ether oxygens (including phenoxy) is 1. The first kappa shape index (κ1) is 18.4. The van der Waals surface area contributed by atoms with E-state index < -0.39 is 10.2 Å².